The number of ether oxygens (including phenoxy) is 1. The second-order valence-corrected chi connectivity index (χ2v) is 7.05. The van der Waals surface area contributed by atoms with E-state index < -0.39 is 0 Å². The van der Waals surface area contributed by atoms with Gasteiger partial charge in [0.05, 0.1) is 23.5 Å². The molecule has 0 unspecified atom stereocenters. The standard InChI is InChI=1S/C24H20N4O2/c1-15-7-12-18-21(27-28-24-25-19-5-3-4-6-20(19)26-24)14-22(30-23(18)13-15)16-8-10-17(29-2)11-9-16/h3-14H,1-2H3,(H2,25,26,28). The summed E-state index contributed by atoms with van der Waals surface area (Å²) in [6, 6.07) is 23.6. The van der Waals surface area contributed by atoms with Gasteiger partial charge in [-0.05, 0) is 61.0 Å². The Hall–Kier alpha value is -4.06. The zero-order chi connectivity index (χ0) is 20.5. The van der Waals surface area contributed by atoms with Gasteiger partial charge in [-0.15, -0.1) is 0 Å². The summed E-state index contributed by atoms with van der Waals surface area (Å²) in [6.07, 6.45) is 0. The highest BCUT2D eigenvalue weighted by atomic mass is 16.5. The van der Waals surface area contributed by atoms with Crippen LogP contribution in [0.1, 0.15) is 5.56 Å². The van der Waals surface area contributed by atoms with E-state index in [0.717, 1.165) is 50.0 Å². The first-order valence-electron chi connectivity index (χ1n) is 9.63. The minimum Gasteiger partial charge on any atom is -0.497 e. The highest BCUT2D eigenvalue weighted by Gasteiger charge is 2.08. The number of H-pyrrole nitrogens is 1. The Balaban J connectivity index is 1.62. The quantitative estimate of drug-likeness (QED) is 0.408. The maximum absolute atomic E-state index is 6.19. The van der Waals surface area contributed by atoms with Crippen molar-refractivity contribution in [2.24, 2.45) is 5.10 Å². The molecule has 2 N–H and O–H groups in total. The van der Waals surface area contributed by atoms with Crippen LogP contribution in [-0.2, 0) is 0 Å². The van der Waals surface area contributed by atoms with Crippen molar-refractivity contribution in [1.29, 1.82) is 0 Å². The largest absolute Gasteiger partial charge is 0.497 e. The fourth-order valence-corrected chi connectivity index (χ4v) is 3.38. The van der Waals surface area contributed by atoms with Crippen molar-refractivity contribution in [3.63, 3.8) is 0 Å². The molecule has 0 aliphatic carbocycles. The highest BCUT2D eigenvalue weighted by Crippen LogP contribution is 2.25. The number of nitrogens with one attached hydrogen (secondary N) is 2. The van der Waals surface area contributed by atoms with Crippen LogP contribution in [0.4, 0.5) is 5.95 Å². The average Bonchev–Trinajstić information content (AvgIpc) is 3.20. The van der Waals surface area contributed by atoms with Crippen molar-refractivity contribution in [3.8, 4) is 17.1 Å². The molecule has 2 aromatic heterocycles. The third-order valence-electron chi connectivity index (χ3n) is 4.95. The Morgan fingerprint density at radius 2 is 1.83 bits per heavy atom. The highest BCUT2D eigenvalue weighted by molar-refractivity contribution is 5.79. The third-order valence-corrected chi connectivity index (χ3v) is 4.95. The van der Waals surface area contributed by atoms with Crippen molar-refractivity contribution in [3.05, 3.63) is 83.7 Å². The van der Waals surface area contributed by atoms with Crippen molar-refractivity contribution >= 4 is 28.0 Å². The number of nitrogens with zero attached hydrogens (tertiary/aromatic N) is 2. The Kier molecular flexibility index (Phi) is 4.44. The number of aromatic nitrogens is 2. The van der Waals surface area contributed by atoms with Crippen LogP contribution in [0.2, 0.25) is 0 Å². The van der Waals surface area contributed by atoms with Gasteiger partial charge in [-0.25, -0.2) is 10.4 Å². The minimum atomic E-state index is 0.586. The zero-order valence-electron chi connectivity index (χ0n) is 16.6. The van der Waals surface area contributed by atoms with E-state index in [-0.39, 0.29) is 0 Å². The number of imidazole rings is 1. The van der Waals surface area contributed by atoms with E-state index in [9.17, 15) is 0 Å². The van der Waals surface area contributed by atoms with Crippen LogP contribution >= 0.6 is 0 Å². The van der Waals surface area contributed by atoms with E-state index in [2.05, 4.69) is 20.5 Å². The first kappa shape index (κ1) is 18.0. The van der Waals surface area contributed by atoms with Crippen LogP contribution in [-0.4, -0.2) is 17.1 Å². The summed E-state index contributed by atoms with van der Waals surface area (Å²) in [7, 11) is 1.65. The number of hydrogen-bond acceptors (Lipinski definition) is 5. The maximum Gasteiger partial charge on any atom is 0.222 e. The summed E-state index contributed by atoms with van der Waals surface area (Å²) in [4.78, 5) is 7.75. The second kappa shape index (κ2) is 7.40. The van der Waals surface area contributed by atoms with Gasteiger partial charge in [0, 0.05) is 17.0 Å². The van der Waals surface area contributed by atoms with E-state index in [0.29, 0.717) is 5.95 Å². The minimum absolute atomic E-state index is 0.586. The molecule has 5 rings (SSSR count). The predicted molar refractivity (Wildman–Crippen MR) is 118 cm³/mol. The predicted octanol–water partition coefficient (Wildman–Crippen LogP) is 5.22. The number of benzene rings is 3. The number of aryl methyl sites for hydroxylation is 1. The summed E-state index contributed by atoms with van der Waals surface area (Å²) in [5, 5.41) is 6.31. The topological polar surface area (TPSA) is 75.4 Å². The van der Waals surface area contributed by atoms with Crippen LogP contribution in [0.25, 0.3) is 33.3 Å². The molecule has 6 nitrogen and oxygen atoms in total. The molecule has 0 fully saturated rings. The van der Waals surface area contributed by atoms with Crippen LogP contribution in [0.15, 0.2) is 82.3 Å². The lowest BCUT2D eigenvalue weighted by molar-refractivity contribution is 0.415. The van der Waals surface area contributed by atoms with Crippen LogP contribution in [0, 0.1) is 6.92 Å². The number of rotatable bonds is 4. The molecule has 6 heteroatoms. The number of para-hydroxylation sites is 2. The van der Waals surface area contributed by atoms with E-state index in [1.807, 2.05) is 79.7 Å². The number of methoxy groups -OCH3 is 1. The summed E-state index contributed by atoms with van der Waals surface area (Å²) in [5.41, 5.74) is 7.73. The van der Waals surface area contributed by atoms with Crippen molar-refractivity contribution < 1.29 is 9.15 Å². The van der Waals surface area contributed by atoms with Crippen molar-refractivity contribution in [2.75, 3.05) is 12.5 Å². The SMILES string of the molecule is COc1ccc(-c2cc(=NNc3nc4ccccc4[nH]3)c3ccc(C)cc3o2)cc1. The van der Waals surface area contributed by atoms with Crippen LogP contribution < -0.4 is 15.5 Å². The molecule has 0 saturated carbocycles. The van der Waals surface area contributed by atoms with Gasteiger partial charge in [-0.3, -0.25) is 0 Å². The van der Waals surface area contributed by atoms with Gasteiger partial charge < -0.3 is 14.1 Å². The van der Waals surface area contributed by atoms with Gasteiger partial charge in [-0.2, -0.15) is 5.10 Å². The van der Waals surface area contributed by atoms with Gasteiger partial charge in [0.25, 0.3) is 0 Å². The second-order valence-electron chi connectivity index (χ2n) is 7.05. The molecule has 148 valence electrons. The summed E-state index contributed by atoms with van der Waals surface area (Å²) < 4.78 is 11.4. The lowest BCUT2D eigenvalue weighted by atomic mass is 10.1. The number of anilines is 1. The molecule has 0 amide bonds. The van der Waals surface area contributed by atoms with Crippen LogP contribution in [0.5, 0.6) is 5.75 Å². The first-order chi connectivity index (χ1) is 14.7. The van der Waals surface area contributed by atoms with Crippen molar-refractivity contribution in [1.82, 2.24) is 9.97 Å². The molecule has 0 aliphatic heterocycles. The normalized spacial score (nSPS) is 11.9. The Morgan fingerprint density at radius 3 is 2.63 bits per heavy atom. The van der Waals surface area contributed by atoms with E-state index in [1.165, 1.54) is 0 Å². The lowest BCUT2D eigenvalue weighted by Crippen LogP contribution is -2.08. The molecular weight excluding hydrogens is 376 g/mol. The van der Waals surface area contributed by atoms with Gasteiger partial charge in [0.1, 0.15) is 17.1 Å². The van der Waals surface area contributed by atoms with E-state index >= 15 is 0 Å². The summed E-state index contributed by atoms with van der Waals surface area (Å²) in [6.45, 7) is 2.04. The molecule has 0 spiro atoms. The molecule has 2 heterocycles. The smallest absolute Gasteiger partial charge is 0.222 e. The van der Waals surface area contributed by atoms with Gasteiger partial charge in [0.15, 0.2) is 0 Å². The molecule has 0 saturated heterocycles. The Labute approximate surface area is 172 Å². The average molecular weight is 396 g/mol. The number of hydrogen-bond donors (Lipinski definition) is 2. The Bertz CT molecular complexity index is 1380. The monoisotopic (exact) mass is 396 g/mol. The third kappa shape index (κ3) is 3.39. The lowest BCUT2D eigenvalue weighted by Gasteiger charge is -2.07. The molecule has 3 aromatic carbocycles. The fraction of sp³-hybridized carbons (Fsp3) is 0.0833. The maximum atomic E-state index is 6.19. The van der Waals surface area contributed by atoms with Crippen LogP contribution in [0.3, 0.4) is 0 Å². The number of aromatic amines is 1. The van der Waals surface area contributed by atoms with Gasteiger partial charge in [0.2, 0.25) is 5.95 Å². The molecule has 5 aromatic rings. The van der Waals surface area contributed by atoms with Gasteiger partial charge >= 0.3 is 0 Å². The molecule has 30 heavy (non-hydrogen) atoms. The molecule has 0 radical (unpaired) electrons. The molecule has 0 atom stereocenters. The fourth-order valence-electron chi connectivity index (χ4n) is 3.38. The van der Waals surface area contributed by atoms with E-state index in [1.54, 1.807) is 7.11 Å². The van der Waals surface area contributed by atoms with Gasteiger partial charge in [-0.1, -0.05) is 18.2 Å². The molecule has 0 bridgehead atoms. The first-order valence-corrected chi connectivity index (χ1v) is 9.63. The summed E-state index contributed by atoms with van der Waals surface area (Å²) >= 11 is 0. The summed E-state index contributed by atoms with van der Waals surface area (Å²) in [5.74, 6) is 2.11. The molecule has 0 aliphatic rings. The molecular formula is C24H20N4O2. The Morgan fingerprint density at radius 1 is 1.00 bits per heavy atom. The zero-order valence-corrected chi connectivity index (χ0v) is 16.6. The van der Waals surface area contributed by atoms with Crippen molar-refractivity contribution in [2.45, 2.75) is 6.92 Å². The number of fused-ring (bicyclic) bond motifs is 2. The van der Waals surface area contributed by atoms with E-state index in [4.69, 9.17) is 9.15 Å².